The van der Waals surface area contributed by atoms with E-state index in [4.69, 9.17) is 5.73 Å². The van der Waals surface area contributed by atoms with Gasteiger partial charge in [0, 0.05) is 6.29 Å². The Morgan fingerprint density at radius 2 is 2.33 bits per heavy atom. The van der Waals surface area contributed by atoms with Crippen molar-refractivity contribution in [3.63, 3.8) is 0 Å². The summed E-state index contributed by atoms with van der Waals surface area (Å²) in [6.45, 7) is 2.18. The zero-order chi connectivity index (χ0) is 4.99. The van der Waals surface area contributed by atoms with Gasteiger partial charge in [-0.3, -0.25) is 0 Å². The summed E-state index contributed by atoms with van der Waals surface area (Å²) >= 11 is 1.86. The highest BCUT2D eigenvalue weighted by atomic mass is 32.7. The van der Waals surface area contributed by atoms with Crippen molar-refractivity contribution < 1.29 is 0 Å². The molecular formula is C3H10NPS. The lowest BCUT2D eigenvalue weighted by Crippen LogP contribution is -1.91. The summed E-state index contributed by atoms with van der Waals surface area (Å²) in [6, 6.07) is 0. The van der Waals surface area contributed by atoms with Crippen LogP contribution in [0.15, 0.2) is 0 Å². The summed E-state index contributed by atoms with van der Waals surface area (Å²) in [4.78, 5) is 0. The standard InChI is InChI=1S/C3H10NPS/c1-5(3-4)6-2/h3-4H2,1-2H3. The molecule has 38 valence electrons. The monoisotopic (exact) mass is 123 g/mol. The van der Waals surface area contributed by atoms with Crippen molar-refractivity contribution in [2.45, 2.75) is 0 Å². The Labute approximate surface area is 44.2 Å². The van der Waals surface area contributed by atoms with Gasteiger partial charge in [-0.15, -0.1) is 11.4 Å². The number of hydrogen-bond donors (Lipinski definition) is 1. The summed E-state index contributed by atoms with van der Waals surface area (Å²) in [6.07, 6.45) is 2.95. The maximum atomic E-state index is 5.29. The molecule has 0 aromatic carbocycles. The molecule has 0 bridgehead atoms. The van der Waals surface area contributed by atoms with E-state index in [1.807, 2.05) is 11.4 Å². The highest BCUT2D eigenvalue weighted by Crippen LogP contribution is 2.41. The number of rotatable bonds is 2. The van der Waals surface area contributed by atoms with E-state index in [9.17, 15) is 0 Å². The van der Waals surface area contributed by atoms with Gasteiger partial charge in [0.25, 0.3) is 0 Å². The second kappa shape index (κ2) is 3.91. The minimum Gasteiger partial charge on any atom is -0.326 e. The van der Waals surface area contributed by atoms with Crippen molar-refractivity contribution in [2.24, 2.45) is 5.73 Å². The Bertz CT molecular complexity index is 30.0. The Morgan fingerprint density at radius 1 is 1.83 bits per heavy atom. The van der Waals surface area contributed by atoms with Crippen molar-refractivity contribution in [3.8, 4) is 0 Å². The maximum Gasteiger partial charge on any atom is 0.0220 e. The van der Waals surface area contributed by atoms with Crippen LogP contribution in [0.1, 0.15) is 0 Å². The summed E-state index contributed by atoms with van der Waals surface area (Å²) < 4.78 is 0. The van der Waals surface area contributed by atoms with Crippen LogP contribution in [0.25, 0.3) is 0 Å². The molecule has 0 aromatic rings. The van der Waals surface area contributed by atoms with E-state index in [1.165, 1.54) is 0 Å². The first kappa shape index (κ1) is 6.74. The van der Waals surface area contributed by atoms with E-state index in [-0.39, 0.29) is 7.12 Å². The van der Waals surface area contributed by atoms with Gasteiger partial charge in [-0.25, -0.2) is 0 Å². The lowest BCUT2D eigenvalue weighted by atomic mass is 11.5. The molecule has 0 aromatic heterocycles. The molecule has 0 rings (SSSR count). The summed E-state index contributed by atoms with van der Waals surface area (Å²) in [5.74, 6) is 0. The molecule has 1 nitrogen and oxygen atoms in total. The predicted octanol–water partition coefficient (Wildman–Crippen LogP) is 1.29. The highest BCUT2D eigenvalue weighted by Gasteiger charge is 1.88. The van der Waals surface area contributed by atoms with Crippen LogP contribution < -0.4 is 5.73 Å². The summed E-state index contributed by atoms with van der Waals surface area (Å²) in [5, 5.41) is 0. The van der Waals surface area contributed by atoms with E-state index >= 15 is 0 Å². The molecule has 1 unspecified atom stereocenters. The van der Waals surface area contributed by atoms with E-state index in [1.54, 1.807) is 0 Å². The molecular weight excluding hydrogens is 113 g/mol. The second-order valence-corrected chi connectivity index (χ2v) is 5.94. The third-order valence-electron chi connectivity index (χ3n) is 0.569. The average Bonchev–Trinajstić information content (AvgIpc) is 1.65. The minimum atomic E-state index is 0.118. The molecule has 0 radical (unpaired) electrons. The molecule has 0 spiro atoms. The SMILES string of the molecule is CSP(C)CN. The maximum absolute atomic E-state index is 5.29. The van der Waals surface area contributed by atoms with E-state index in [0.717, 1.165) is 6.29 Å². The Morgan fingerprint density at radius 3 is 2.33 bits per heavy atom. The van der Waals surface area contributed by atoms with Crippen molar-refractivity contribution >= 4 is 18.5 Å². The van der Waals surface area contributed by atoms with Crippen molar-refractivity contribution in [3.05, 3.63) is 0 Å². The van der Waals surface area contributed by atoms with E-state index in [0.29, 0.717) is 0 Å². The minimum absolute atomic E-state index is 0.118. The summed E-state index contributed by atoms with van der Waals surface area (Å²) in [7, 11) is 0.118. The molecule has 0 aliphatic heterocycles. The largest absolute Gasteiger partial charge is 0.326 e. The van der Waals surface area contributed by atoms with Crippen LogP contribution in [0.5, 0.6) is 0 Å². The second-order valence-electron chi connectivity index (χ2n) is 0.993. The Kier molecular flexibility index (Phi) is 4.40. The lowest BCUT2D eigenvalue weighted by Gasteiger charge is -1.99. The van der Waals surface area contributed by atoms with Crippen LogP contribution in [-0.4, -0.2) is 19.2 Å². The van der Waals surface area contributed by atoms with Crippen LogP contribution in [0.3, 0.4) is 0 Å². The third-order valence-corrected chi connectivity index (χ3v) is 4.02. The molecule has 0 saturated carbocycles. The molecule has 0 aliphatic rings. The fourth-order valence-corrected chi connectivity index (χ4v) is 0.671. The van der Waals surface area contributed by atoms with Gasteiger partial charge in [-0.1, -0.05) is 0 Å². The predicted molar refractivity (Wildman–Crippen MR) is 35.4 cm³/mol. The first-order valence-electron chi connectivity index (χ1n) is 1.76. The highest BCUT2D eigenvalue weighted by molar-refractivity contribution is 8.55. The van der Waals surface area contributed by atoms with Crippen molar-refractivity contribution in [2.75, 3.05) is 19.2 Å². The van der Waals surface area contributed by atoms with Crippen LogP contribution >= 0.6 is 18.5 Å². The molecule has 6 heavy (non-hydrogen) atoms. The van der Waals surface area contributed by atoms with Crippen LogP contribution in [0.2, 0.25) is 0 Å². The van der Waals surface area contributed by atoms with Gasteiger partial charge in [0.2, 0.25) is 0 Å². The van der Waals surface area contributed by atoms with Gasteiger partial charge in [0.1, 0.15) is 0 Å². The first-order chi connectivity index (χ1) is 2.81. The van der Waals surface area contributed by atoms with Crippen LogP contribution in [0.4, 0.5) is 0 Å². The zero-order valence-corrected chi connectivity index (χ0v) is 5.85. The average molecular weight is 123 g/mol. The lowest BCUT2D eigenvalue weighted by molar-refractivity contribution is 1.39. The molecule has 0 heterocycles. The summed E-state index contributed by atoms with van der Waals surface area (Å²) in [5.41, 5.74) is 5.29. The van der Waals surface area contributed by atoms with E-state index in [2.05, 4.69) is 12.9 Å². The molecule has 3 heteroatoms. The molecule has 0 fully saturated rings. The normalized spacial score (nSPS) is 14.5. The smallest absolute Gasteiger partial charge is 0.0220 e. The van der Waals surface area contributed by atoms with Crippen LogP contribution in [0, 0.1) is 0 Å². The van der Waals surface area contributed by atoms with Gasteiger partial charge in [-0.05, 0) is 20.0 Å². The van der Waals surface area contributed by atoms with Crippen molar-refractivity contribution in [1.29, 1.82) is 0 Å². The Hall–Kier alpha value is 0.740. The third kappa shape index (κ3) is 2.95. The van der Waals surface area contributed by atoms with Gasteiger partial charge in [-0.2, -0.15) is 0 Å². The molecule has 0 aliphatic carbocycles. The van der Waals surface area contributed by atoms with Gasteiger partial charge in [0.15, 0.2) is 0 Å². The van der Waals surface area contributed by atoms with Crippen molar-refractivity contribution in [1.82, 2.24) is 0 Å². The van der Waals surface area contributed by atoms with Crippen LogP contribution in [-0.2, 0) is 0 Å². The fraction of sp³-hybridized carbons (Fsp3) is 1.00. The van der Waals surface area contributed by atoms with Gasteiger partial charge >= 0.3 is 0 Å². The first-order valence-corrected chi connectivity index (χ1v) is 5.57. The number of nitrogens with two attached hydrogens (primary N) is 1. The molecule has 2 N–H and O–H groups in total. The topological polar surface area (TPSA) is 26.0 Å². The quantitative estimate of drug-likeness (QED) is 0.560. The Balaban J connectivity index is 2.75. The van der Waals surface area contributed by atoms with E-state index < -0.39 is 0 Å². The van der Waals surface area contributed by atoms with Gasteiger partial charge in [0.05, 0.1) is 0 Å². The molecule has 0 amide bonds. The fourth-order valence-electron chi connectivity index (χ4n) is 0.0745. The zero-order valence-electron chi connectivity index (χ0n) is 4.14. The number of hydrogen-bond acceptors (Lipinski definition) is 2. The van der Waals surface area contributed by atoms with Gasteiger partial charge < -0.3 is 5.73 Å². The molecule has 1 atom stereocenters. The molecule has 0 saturated heterocycles.